The first-order valence-corrected chi connectivity index (χ1v) is 6.33. The summed E-state index contributed by atoms with van der Waals surface area (Å²) in [4.78, 5) is 6.40. The van der Waals surface area contributed by atoms with E-state index in [0.717, 1.165) is 11.0 Å². The van der Waals surface area contributed by atoms with E-state index in [4.69, 9.17) is 5.84 Å². The van der Waals surface area contributed by atoms with Gasteiger partial charge in [-0.15, -0.1) is 0 Å². The first-order chi connectivity index (χ1) is 8.04. The van der Waals surface area contributed by atoms with E-state index in [0.29, 0.717) is 5.96 Å². The lowest BCUT2D eigenvalue weighted by Gasteiger charge is -2.22. The van der Waals surface area contributed by atoms with Crippen LogP contribution >= 0.6 is 15.9 Å². The first-order valence-electron chi connectivity index (χ1n) is 5.53. The molecule has 0 radical (unpaired) electrons. The summed E-state index contributed by atoms with van der Waals surface area (Å²) in [6, 6.07) is 8.33. The molecule has 4 nitrogen and oxygen atoms in total. The van der Waals surface area contributed by atoms with Crippen molar-refractivity contribution in [1.29, 1.82) is 0 Å². The van der Waals surface area contributed by atoms with Gasteiger partial charge in [0.1, 0.15) is 0 Å². The summed E-state index contributed by atoms with van der Waals surface area (Å²) in [7, 11) is 1.96. The van der Waals surface area contributed by atoms with E-state index in [2.05, 4.69) is 32.4 Å². The number of rotatable bonds is 3. The zero-order valence-corrected chi connectivity index (χ0v) is 12.0. The lowest BCUT2D eigenvalue weighted by molar-refractivity contribution is 0.473. The number of hydrogen-bond acceptors (Lipinski definition) is 2. The van der Waals surface area contributed by atoms with Crippen molar-refractivity contribution in [3.05, 3.63) is 34.3 Å². The largest absolute Gasteiger partial charge is 0.341 e. The molecule has 5 heteroatoms. The quantitative estimate of drug-likeness (QED) is 0.389. The molecule has 1 aromatic carbocycles. The van der Waals surface area contributed by atoms with E-state index < -0.39 is 0 Å². The minimum absolute atomic E-state index is 0.211. The van der Waals surface area contributed by atoms with Crippen LogP contribution in [0.15, 0.2) is 33.7 Å². The molecule has 94 valence electrons. The number of nitrogens with one attached hydrogen (secondary N) is 1. The number of hydrazine groups is 1. The molecule has 0 saturated carbocycles. The molecule has 17 heavy (non-hydrogen) atoms. The van der Waals surface area contributed by atoms with Crippen molar-refractivity contribution >= 4 is 21.9 Å². The van der Waals surface area contributed by atoms with Gasteiger partial charge in [0, 0.05) is 24.1 Å². The Kier molecular flexibility index (Phi) is 5.44. The third kappa shape index (κ3) is 4.36. The number of guanidine groups is 1. The maximum absolute atomic E-state index is 5.48. The highest BCUT2D eigenvalue weighted by Crippen LogP contribution is 2.17. The second-order valence-electron chi connectivity index (χ2n) is 4.14. The van der Waals surface area contributed by atoms with Gasteiger partial charge in [0.25, 0.3) is 0 Å². The Bertz CT molecular complexity index is 390. The fraction of sp³-hybridized carbons (Fsp3) is 0.417. The molecule has 0 amide bonds. The van der Waals surface area contributed by atoms with Gasteiger partial charge in [-0.3, -0.25) is 5.43 Å². The molecule has 0 aliphatic rings. The highest BCUT2D eigenvalue weighted by Gasteiger charge is 2.08. The van der Waals surface area contributed by atoms with E-state index in [9.17, 15) is 0 Å². The van der Waals surface area contributed by atoms with Crippen molar-refractivity contribution in [2.24, 2.45) is 10.8 Å². The SMILES string of the molecule is CC(C)N=C(NN)N(C)Cc1ccccc1Br. The third-order valence-electron chi connectivity index (χ3n) is 2.24. The summed E-state index contributed by atoms with van der Waals surface area (Å²) in [5.41, 5.74) is 3.83. The zero-order valence-electron chi connectivity index (χ0n) is 10.4. The van der Waals surface area contributed by atoms with Gasteiger partial charge in [0.2, 0.25) is 5.96 Å². The van der Waals surface area contributed by atoms with Crippen LogP contribution in [0.2, 0.25) is 0 Å². The number of nitrogens with zero attached hydrogens (tertiary/aromatic N) is 2. The molecule has 0 aromatic heterocycles. The maximum Gasteiger partial charge on any atom is 0.208 e. The molecular formula is C12H19BrN4. The minimum atomic E-state index is 0.211. The van der Waals surface area contributed by atoms with E-state index in [1.54, 1.807) is 0 Å². The standard InChI is InChI=1S/C12H19BrN4/c1-9(2)15-12(16-14)17(3)8-10-6-4-5-7-11(10)13/h4-7,9H,8,14H2,1-3H3,(H,15,16). The molecule has 0 heterocycles. The lowest BCUT2D eigenvalue weighted by atomic mass is 10.2. The normalized spacial score (nSPS) is 11.8. The number of hydrogen-bond donors (Lipinski definition) is 2. The average molecular weight is 299 g/mol. The van der Waals surface area contributed by atoms with Gasteiger partial charge in [-0.05, 0) is 25.5 Å². The summed E-state index contributed by atoms with van der Waals surface area (Å²) >= 11 is 3.53. The maximum atomic E-state index is 5.48. The second-order valence-corrected chi connectivity index (χ2v) is 4.99. The molecule has 3 N–H and O–H groups in total. The molecular weight excluding hydrogens is 280 g/mol. The summed E-state index contributed by atoms with van der Waals surface area (Å²) in [5.74, 6) is 6.17. The molecule has 0 fully saturated rings. The zero-order chi connectivity index (χ0) is 12.8. The van der Waals surface area contributed by atoms with Crippen molar-refractivity contribution in [3.8, 4) is 0 Å². The molecule has 0 atom stereocenters. The molecule has 0 unspecified atom stereocenters. The number of aliphatic imine (C=N–C) groups is 1. The monoisotopic (exact) mass is 298 g/mol. The molecule has 0 bridgehead atoms. The number of halogens is 1. The van der Waals surface area contributed by atoms with Gasteiger partial charge in [-0.25, -0.2) is 10.8 Å². The van der Waals surface area contributed by atoms with Crippen LogP contribution in [0, 0.1) is 0 Å². The van der Waals surface area contributed by atoms with E-state index in [-0.39, 0.29) is 6.04 Å². The lowest BCUT2D eigenvalue weighted by Crippen LogP contribution is -2.43. The Morgan fingerprint density at radius 1 is 1.47 bits per heavy atom. The fourth-order valence-corrected chi connectivity index (χ4v) is 1.86. The van der Waals surface area contributed by atoms with Gasteiger partial charge in [0.15, 0.2) is 0 Å². The Hall–Kier alpha value is -1.07. The second kappa shape index (κ2) is 6.61. The summed E-state index contributed by atoms with van der Waals surface area (Å²) < 4.78 is 1.09. The van der Waals surface area contributed by atoms with Crippen molar-refractivity contribution in [3.63, 3.8) is 0 Å². The van der Waals surface area contributed by atoms with E-state index in [1.165, 1.54) is 5.56 Å². The van der Waals surface area contributed by atoms with Crippen LogP contribution in [-0.2, 0) is 6.54 Å². The molecule has 0 spiro atoms. The first kappa shape index (κ1) is 14.0. The van der Waals surface area contributed by atoms with E-state index >= 15 is 0 Å². The van der Waals surface area contributed by atoms with Crippen LogP contribution in [0.4, 0.5) is 0 Å². The third-order valence-corrected chi connectivity index (χ3v) is 3.01. The van der Waals surface area contributed by atoms with Gasteiger partial charge < -0.3 is 4.90 Å². The number of benzene rings is 1. The summed E-state index contributed by atoms with van der Waals surface area (Å²) in [5, 5.41) is 0. The van der Waals surface area contributed by atoms with Gasteiger partial charge >= 0.3 is 0 Å². The highest BCUT2D eigenvalue weighted by molar-refractivity contribution is 9.10. The van der Waals surface area contributed by atoms with Crippen molar-refractivity contribution in [2.45, 2.75) is 26.4 Å². The Balaban J connectivity index is 2.78. The molecule has 0 aliphatic heterocycles. The fourth-order valence-electron chi connectivity index (χ4n) is 1.45. The van der Waals surface area contributed by atoms with Gasteiger partial charge in [-0.2, -0.15) is 0 Å². The smallest absolute Gasteiger partial charge is 0.208 e. The van der Waals surface area contributed by atoms with Crippen LogP contribution in [0.3, 0.4) is 0 Å². The van der Waals surface area contributed by atoms with Crippen molar-refractivity contribution < 1.29 is 0 Å². The summed E-state index contributed by atoms with van der Waals surface area (Å²) in [6.45, 7) is 4.78. The molecule has 1 rings (SSSR count). The Labute approximate surface area is 111 Å². The Morgan fingerprint density at radius 3 is 2.65 bits per heavy atom. The predicted molar refractivity (Wildman–Crippen MR) is 75.5 cm³/mol. The van der Waals surface area contributed by atoms with Gasteiger partial charge in [-0.1, -0.05) is 34.1 Å². The van der Waals surface area contributed by atoms with Crippen LogP contribution in [0.1, 0.15) is 19.4 Å². The topological polar surface area (TPSA) is 53.6 Å². The predicted octanol–water partition coefficient (Wildman–Crippen LogP) is 2.11. The van der Waals surface area contributed by atoms with Crippen LogP contribution in [0.5, 0.6) is 0 Å². The van der Waals surface area contributed by atoms with Crippen LogP contribution < -0.4 is 11.3 Å². The highest BCUT2D eigenvalue weighted by atomic mass is 79.9. The van der Waals surface area contributed by atoms with Crippen LogP contribution in [0.25, 0.3) is 0 Å². The molecule has 1 aromatic rings. The average Bonchev–Trinajstić information content (AvgIpc) is 2.28. The van der Waals surface area contributed by atoms with E-state index in [1.807, 2.05) is 44.0 Å². The minimum Gasteiger partial charge on any atom is -0.341 e. The molecule has 0 saturated heterocycles. The molecule has 0 aliphatic carbocycles. The van der Waals surface area contributed by atoms with Crippen molar-refractivity contribution in [1.82, 2.24) is 10.3 Å². The Morgan fingerprint density at radius 2 is 2.12 bits per heavy atom. The van der Waals surface area contributed by atoms with Crippen molar-refractivity contribution in [2.75, 3.05) is 7.05 Å². The van der Waals surface area contributed by atoms with Gasteiger partial charge in [0.05, 0.1) is 0 Å². The number of nitrogens with two attached hydrogens (primary N) is 1. The summed E-state index contributed by atoms with van der Waals surface area (Å²) in [6.07, 6.45) is 0. The van der Waals surface area contributed by atoms with Crippen LogP contribution in [-0.4, -0.2) is 23.9 Å².